The van der Waals surface area contributed by atoms with Crippen LogP contribution in [-0.2, 0) is 6.54 Å². The van der Waals surface area contributed by atoms with E-state index in [1.165, 1.54) is 17.0 Å². The molecule has 1 N–H and O–H groups in total. The third kappa shape index (κ3) is 2.52. The van der Waals surface area contributed by atoms with Crippen LogP contribution in [0.25, 0.3) is 10.9 Å². The maximum atomic E-state index is 10.9. The van der Waals surface area contributed by atoms with Crippen LogP contribution in [0.2, 0.25) is 5.02 Å². The lowest BCUT2D eigenvalue weighted by Crippen LogP contribution is -2.01. The highest BCUT2D eigenvalue weighted by Gasteiger charge is 2.09. The Morgan fingerprint density at radius 3 is 2.76 bits per heavy atom. The summed E-state index contributed by atoms with van der Waals surface area (Å²) < 4.78 is 2.12. The molecule has 21 heavy (non-hydrogen) atoms. The first-order chi connectivity index (χ1) is 10.1. The molecular weight excluding hydrogens is 286 g/mol. The quantitative estimate of drug-likeness (QED) is 0.781. The maximum absolute atomic E-state index is 10.9. The van der Waals surface area contributed by atoms with E-state index >= 15 is 0 Å². The summed E-state index contributed by atoms with van der Waals surface area (Å²) in [6.07, 6.45) is 2.03. The molecule has 0 saturated heterocycles. The fourth-order valence-corrected chi connectivity index (χ4v) is 2.75. The minimum absolute atomic E-state index is 0.206. The summed E-state index contributed by atoms with van der Waals surface area (Å²) in [5.41, 5.74) is 3.49. The van der Waals surface area contributed by atoms with Gasteiger partial charge in [0.05, 0.1) is 5.56 Å². The van der Waals surface area contributed by atoms with Crippen molar-refractivity contribution >= 4 is 28.5 Å². The number of carboxylic acids is 1. The van der Waals surface area contributed by atoms with Gasteiger partial charge >= 0.3 is 5.97 Å². The summed E-state index contributed by atoms with van der Waals surface area (Å²) >= 11 is 6.20. The van der Waals surface area contributed by atoms with Crippen LogP contribution in [0.3, 0.4) is 0 Å². The van der Waals surface area contributed by atoms with Gasteiger partial charge < -0.3 is 9.67 Å². The summed E-state index contributed by atoms with van der Waals surface area (Å²) in [6, 6.07) is 13.1. The molecule has 0 aliphatic rings. The van der Waals surface area contributed by atoms with Gasteiger partial charge in [0.25, 0.3) is 0 Å². The number of aromatic nitrogens is 1. The average molecular weight is 300 g/mol. The summed E-state index contributed by atoms with van der Waals surface area (Å²) in [6.45, 7) is 2.70. The molecule has 4 heteroatoms. The van der Waals surface area contributed by atoms with E-state index in [2.05, 4.69) is 29.7 Å². The lowest BCUT2D eigenvalue weighted by atomic mass is 10.1. The van der Waals surface area contributed by atoms with E-state index < -0.39 is 5.97 Å². The zero-order valence-corrected chi connectivity index (χ0v) is 12.3. The predicted molar refractivity (Wildman–Crippen MR) is 84.2 cm³/mol. The van der Waals surface area contributed by atoms with Crippen molar-refractivity contribution < 1.29 is 9.90 Å². The monoisotopic (exact) mass is 299 g/mol. The van der Waals surface area contributed by atoms with Gasteiger partial charge in [0, 0.05) is 28.7 Å². The van der Waals surface area contributed by atoms with Crippen LogP contribution in [0.4, 0.5) is 0 Å². The lowest BCUT2D eigenvalue weighted by Gasteiger charge is -2.09. The molecule has 3 nitrogen and oxygen atoms in total. The maximum Gasteiger partial charge on any atom is 0.335 e. The Labute approximate surface area is 127 Å². The number of fused-ring (bicyclic) bond motifs is 1. The second kappa shape index (κ2) is 5.26. The van der Waals surface area contributed by atoms with Crippen LogP contribution >= 0.6 is 11.6 Å². The Morgan fingerprint density at radius 1 is 1.24 bits per heavy atom. The molecule has 2 aromatic carbocycles. The van der Waals surface area contributed by atoms with Crippen molar-refractivity contribution in [2.75, 3.05) is 0 Å². The van der Waals surface area contributed by atoms with E-state index in [1.807, 2.05) is 12.3 Å². The molecule has 0 fully saturated rings. The van der Waals surface area contributed by atoms with Crippen molar-refractivity contribution in [3.05, 3.63) is 70.4 Å². The number of aromatic carboxylic acids is 1. The van der Waals surface area contributed by atoms with Gasteiger partial charge in [-0.3, -0.25) is 0 Å². The first-order valence-electron chi connectivity index (χ1n) is 6.62. The van der Waals surface area contributed by atoms with E-state index in [4.69, 9.17) is 16.7 Å². The number of carbonyl (C=O) groups is 1. The molecule has 0 bridgehead atoms. The zero-order valence-electron chi connectivity index (χ0n) is 11.5. The van der Waals surface area contributed by atoms with E-state index in [9.17, 15) is 4.79 Å². The Balaban J connectivity index is 1.99. The second-order valence-corrected chi connectivity index (χ2v) is 5.47. The SMILES string of the molecule is Cc1cccc2c1ccn2Cc1ccc(C(=O)O)cc1Cl. The molecule has 0 unspecified atom stereocenters. The van der Waals surface area contributed by atoms with Crippen LogP contribution in [0.5, 0.6) is 0 Å². The molecular formula is C17H14ClNO2. The van der Waals surface area contributed by atoms with E-state index in [1.54, 1.807) is 12.1 Å². The first kappa shape index (κ1) is 13.7. The Hall–Kier alpha value is -2.26. The largest absolute Gasteiger partial charge is 0.478 e. The van der Waals surface area contributed by atoms with Crippen LogP contribution in [0, 0.1) is 6.92 Å². The molecule has 106 valence electrons. The highest BCUT2D eigenvalue weighted by atomic mass is 35.5. The van der Waals surface area contributed by atoms with Crippen molar-refractivity contribution in [1.82, 2.24) is 4.57 Å². The van der Waals surface area contributed by atoms with Gasteiger partial charge in [0.1, 0.15) is 0 Å². The molecule has 0 radical (unpaired) electrons. The standard InChI is InChI=1S/C17H14ClNO2/c1-11-3-2-4-16-14(11)7-8-19(16)10-13-6-5-12(17(20)21)9-15(13)18/h2-9H,10H2,1H3,(H,20,21). The molecule has 1 aromatic heterocycles. The lowest BCUT2D eigenvalue weighted by molar-refractivity contribution is 0.0697. The molecule has 0 spiro atoms. The van der Waals surface area contributed by atoms with Gasteiger partial charge in [-0.15, -0.1) is 0 Å². The Bertz CT molecular complexity index is 836. The van der Waals surface area contributed by atoms with Crippen LogP contribution in [0.15, 0.2) is 48.7 Å². The molecule has 0 aliphatic carbocycles. The molecule has 3 aromatic rings. The van der Waals surface area contributed by atoms with Gasteiger partial charge in [-0.25, -0.2) is 4.79 Å². The fraction of sp³-hybridized carbons (Fsp3) is 0.118. The third-order valence-corrected chi connectivity index (χ3v) is 4.02. The van der Waals surface area contributed by atoms with E-state index in [-0.39, 0.29) is 5.56 Å². The molecule has 0 amide bonds. The van der Waals surface area contributed by atoms with Gasteiger partial charge in [-0.2, -0.15) is 0 Å². The zero-order chi connectivity index (χ0) is 15.0. The van der Waals surface area contributed by atoms with Gasteiger partial charge in [0.15, 0.2) is 0 Å². The van der Waals surface area contributed by atoms with E-state index in [0.29, 0.717) is 11.6 Å². The van der Waals surface area contributed by atoms with Gasteiger partial charge in [0.2, 0.25) is 0 Å². The van der Waals surface area contributed by atoms with Crippen LogP contribution in [0.1, 0.15) is 21.5 Å². The smallest absolute Gasteiger partial charge is 0.335 e. The average Bonchev–Trinajstić information content (AvgIpc) is 2.85. The van der Waals surface area contributed by atoms with Crippen molar-refractivity contribution in [2.45, 2.75) is 13.5 Å². The highest BCUT2D eigenvalue weighted by molar-refractivity contribution is 6.31. The molecule has 0 aliphatic heterocycles. The number of aryl methyl sites for hydroxylation is 1. The fourth-order valence-electron chi connectivity index (χ4n) is 2.51. The number of nitrogens with zero attached hydrogens (tertiary/aromatic N) is 1. The van der Waals surface area contributed by atoms with Crippen molar-refractivity contribution in [1.29, 1.82) is 0 Å². The number of halogens is 1. The van der Waals surface area contributed by atoms with E-state index in [0.717, 1.165) is 11.1 Å². The molecule has 3 rings (SSSR count). The summed E-state index contributed by atoms with van der Waals surface area (Å²) in [5.74, 6) is -0.967. The minimum atomic E-state index is -0.967. The first-order valence-corrected chi connectivity index (χ1v) is 7.00. The van der Waals surface area contributed by atoms with Crippen molar-refractivity contribution in [2.24, 2.45) is 0 Å². The highest BCUT2D eigenvalue weighted by Crippen LogP contribution is 2.24. The molecule has 0 saturated carbocycles. The number of carboxylic acid groups (broad SMARTS) is 1. The second-order valence-electron chi connectivity index (χ2n) is 5.06. The predicted octanol–water partition coefficient (Wildman–Crippen LogP) is 4.35. The molecule has 1 heterocycles. The number of hydrogen-bond donors (Lipinski definition) is 1. The van der Waals surface area contributed by atoms with Gasteiger partial charge in [-0.05, 0) is 42.3 Å². The van der Waals surface area contributed by atoms with Crippen LogP contribution < -0.4 is 0 Å². The van der Waals surface area contributed by atoms with Crippen molar-refractivity contribution in [3.63, 3.8) is 0 Å². The Morgan fingerprint density at radius 2 is 2.05 bits per heavy atom. The normalized spacial score (nSPS) is 11.0. The van der Waals surface area contributed by atoms with Crippen LogP contribution in [-0.4, -0.2) is 15.6 Å². The number of benzene rings is 2. The minimum Gasteiger partial charge on any atom is -0.478 e. The van der Waals surface area contributed by atoms with Gasteiger partial charge in [-0.1, -0.05) is 29.8 Å². The number of rotatable bonds is 3. The summed E-state index contributed by atoms with van der Waals surface area (Å²) in [5, 5.41) is 10.7. The summed E-state index contributed by atoms with van der Waals surface area (Å²) in [4.78, 5) is 10.9. The topological polar surface area (TPSA) is 42.2 Å². The molecule has 0 atom stereocenters. The number of hydrogen-bond acceptors (Lipinski definition) is 1. The third-order valence-electron chi connectivity index (χ3n) is 3.67. The van der Waals surface area contributed by atoms with Crippen molar-refractivity contribution in [3.8, 4) is 0 Å². The Kier molecular flexibility index (Phi) is 3.43. The summed E-state index contributed by atoms with van der Waals surface area (Å²) in [7, 11) is 0.